The van der Waals surface area contributed by atoms with Crippen LogP contribution in [0.3, 0.4) is 0 Å². The zero-order valence-electron chi connectivity index (χ0n) is 10.6. The van der Waals surface area contributed by atoms with Crippen LogP contribution in [-0.4, -0.2) is 35.4 Å². The van der Waals surface area contributed by atoms with Crippen molar-refractivity contribution in [2.45, 2.75) is 25.4 Å². The Morgan fingerprint density at radius 3 is 2.56 bits per heavy atom. The third-order valence-corrected chi connectivity index (χ3v) is 2.80. The number of aromatic nitrogens is 1. The number of ether oxygens (including phenoxy) is 2. The van der Waals surface area contributed by atoms with Crippen LogP contribution in [0.15, 0.2) is 12.3 Å². The minimum atomic E-state index is -1.51. The first-order chi connectivity index (χ1) is 8.48. The van der Waals surface area contributed by atoms with Crippen LogP contribution in [0.2, 0.25) is 0 Å². The SMILES string of the molecule is CCC(O)(CC(=O)O)c1ccnc(OC)c1OC. The number of carbonyl (C=O) groups is 1. The van der Waals surface area contributed by atoms with E-state index < -0.39 is 18.0 Å². The van der Waals surface area contributed by atoms with Gasteiger partial charge in [0.15, 0.2) is 5.75 Å². The van der Waals surface area contributed by atoms with Crippen molar-refractivity contribution in [3.8, 4) is 11.6 Å². The molecule has 1 rings (SSSR count). The van der Waals surface area contributed by atoms with E-state index in [1.807, 2.05) is 0 Å². The molecule has 0 radical (unpaired) electrons. The van der Waals surface area contributed by atoms with Gasteiger partial charge in [0.25, 0.3) is 5.88 Å². The van der Waals surface area contributed by atoms with Crippen LogP contribution in [0.5, 0.6) is 11.6 Å². The number of nitrogens with zero attached hydrogens (tertiary/aromatic N) is 1. The van der Waals surface area contributed by atoms with Crippen LogP contribution in [0.25, 0.3) is 0 Å². The Bertz CT molecular complexity index is 434. The van der Waals surface area contributed by atoms with Gasteiger partial charge in [-0.05, 0) is 12.5 Å². The average molecular weight is 255 g/mol. The highest BCUT2D eigenvalue weighted by molar-refractivity contribution is 5.69. The van der Waals surface area contributed by atoms with Crippen molar-refractivity contribution in [1.29, 1.82) is 0 Å². The van der Waals surface area contributed by atoms with Gasteiger partial charge in [-0.1, -0.05) is 6.92 Å². The molecular formula is C12H17NO5. The van der Waals surface area contributed by atoms with Gasteiger partial charge >= 0.3 is 5.97 Å². The van der Waals surface area contributed by atoms with E-state index in [0.717, 1.165) is 0 Å². The normalized spacial score (nSPS) is 13.8. The number of carboxylic acid groups (broad SMARTS) is 1. The van der Waals surface area contributed by atoms with Crippen molar-refractivity contribution in [2.75, 3.05) is 14.2 Å². The van der Waals surface area contributed by atoms with Gasteiger partial charge in [0.1, 0.15) is 5.60 Å². The van der Waals surface area contributed by atoms with Gasteiger partial charge in [-0.25, -0.2) is 4.98 Å². The van der Waals surface area contributed by atoms with Crippen LogP contribution in [-0.2, 0) is 10.4 Å². The van der Waals surface area contributed by atoms with E-state index >= 15 is 0 Å². The lowest BCUT2D eigenvalue weighted by molar-refractivity contribution is -0.143. The standard InChI is InChI=1S/C12H17NO5/c1-4-12(16,7-9(14)15)8-5-6-13-11(18-3)10(8)17-2/h5-6,16H,4,7H2,1-3H3,(H,14,15). The van der Waals surface area contributed by atoms with Crippen molar-refractivity contribution in [3.05, 3.63) is 17.8 Å². The summed E-state index contributed by atoms with van der Waals surface area (Å²) in [6, 6.07) is 1.54. The number of rotatable bonds is 6. The fourth-order valence-electron chi connectivity index (χ4n) is 1.80. The number of methoxy groups -OCH3 is 2. The van der Waals surface area contributed by atoms with Gasteiger partial charge in [-0.15, -0.1) is 0 Å². The molecule has 2 N–H and O–H groups in total. The molecule has 1 aromatic rings. The fourth-order valence-corrected chi connectivity index (χ4v) is 1.80. The minimum Gasteiger partial charge on any atom is -0.491 e. The van der Waals surface area contributed by atoms with Crippen molar-refractivity contribution in [3.63, 3.8) is 0 Å². The second-order valence-electron chi connectivity index (χ2n) is 3.86. The predicted molar refractivity (Wildman–Crippen MR) is 63.8 cm³/mol. The molecule has 0 aromatic carbocycles. The summed E-state index contributed by atoms with van der Waals surface area (Å²) in [6.45, 7) is 1.70. The van der Waals surface area contributed by atoms with Crippen LogP contribution in [0, 0.1) is 0 Å². The fraction of sp³-hybridized carbons (Fsp3) is 0.500. The Balaban J connectivity index is 3.32. The molecule has 0 aliphatic carbocycles. The highest BCUT2D eigenvalue weighted by atomic mass is 16.5. The molecule has 0 saturated heterocycles. The van der Waals surface area contributed by atoms with Crippen molar-refractivity contribution >= 4 is 5.97 Å². The third-order valence-electron chi connectivity index (χ3n) is 2.80. The zero-order chi connectivity index (χ0) is 13.8. The number of hydrogen-bond donors (Lipinski definition) is 2. The van der Waals surface area contributed by atoms with E-state index in [1.54, 1.807) is 6.92 Å². The number of pyridine rings is 1. The highest BCUT2D eigenvalue weighted by Gasteiger charge is 2.34. The van der Waals surface area contributed by atoms with Gasteiger partial charge in [0, 0.05) is 11.8 Å². The molecule has 1 aromatic heterocycles. The first-order valence-corrected chi connectivity index (χ1v) is 5.50. The van der Waals surface area contributed by atoms with E-state index in [4.69, 9.17) is 14.6 Å². The van der Waals surface area contributed by atoms with E-state index in [9.17, 15) is 9.90 Å². The Kier molecular flexibility index (Phi) is 4.49. The first kappa shape index (κ1) is 14.2. The average Bonchev–Trinajstić information content (AvgIpc) is 2.36. The monoisotopic (exact) mass is 255 g/mol. The third kappa shape index (κ3) is 2.70. The van der Waals surface area contributed by atoms with Crippen molar-refractivity contribution < 1.29 is 24.5 Å². The summed E-state index contributed by atoms with van der Waals surface area (Å²) in [5, 5.41) is 19.3. The molecular weight excluding hydrogens is 238 g/mol. The molecule has 0 aliphatic rings. The number of aliphatic carboxylic acids is 1. The number of carboxylic acids is 1. The lowest BCUT2D eigenvalue weighted by Gasteiger charge is -2.27. The van der Waals surface area contributed by atoms with Gasteiger partial charge in [-0.2, -0.15) is 0 Å². The predicted octanol–water partition coefficient (Wildman–Crippen LogP) is 1.17. The molecule has 6 heteroatoms. The van der Waals surface area contributed by atoms with Crippen molar-refractivity contribution in [2.24, 2.45) is 0 Å². The minimum absolute atomic E-state index is 0.215. The van der Waals surface area contributed by atoms with Gasteiger partial charge < -0.3 is 19.7 Å². The number of hydrogen-bond acceptors (Lipinski definition) is 5. The summed E-state index contributed by atoms with van der Waals surface area (Å²) in [5.41, 5.74) is -1.14. The molecule has 0 aliphatic heterocycles. The van der Waals surface area contributed by atoms with E-state index in [0.29, 0.717) is 5.56 Å². The summed E-state index contributed by atoms with van der Waals surface area (Å²) < 4.78 is 10.2. The quantitative estimate of drug-likeness (QED) is 0.793. The molecule has 0 spiro atoms. The van der Waals surface area contributed by atoms with E-state index in [2.05, 4.69) is 4.98 Å². The molecule has 0 amide bonds. The summed E-state index contributed by atoms with van der Waals surface area (Å²) in [7, 11) is 2.84. The molecule has 1 unspecified atom stereocenters. The highest BCUT2D eigenvalue weighted by Crippen LogP contribution is 2.39. The molecule has 0 saturated carbocycles. The maximum absolute atomic E-state index is 10.9. The maximum Gasteiger partial charge on any atom is 0.306 e. The molecule has 18 heavy (non-hydrogen) atoms. The lowest BCUT2D eigenvalue weighted by Crippen LogP contribution is -2.29. The smallest absolute Gasteiger partial charge is 0.306 e. The maximum atomic E-state index is 10.9. The van der Waals surface area contributed by atoms with Crippen molar-refractivity contribution in [1.82, 2.24) is 4.98 Å². The number of aliphatic hydroxyl groups is 1. The Morgan fingerprint density at radius 2 is 2.11 bits per heavy atom. The molecule has 1 atom stereocenters. The largest absolute Gasteiger partial charge is 0.491 e. The van der Waals surface area contributed by atoms with Crippen LogP contribution in [0.1, 0.15) is 25.3 Å². The second-order valence-corrected chi connectivity index (χ2v) is 3.86. The summed E-state index contributed by atoms with van der Waals surface area (Å²) in [5.74, 6) is -0.616. The summed E-state index contributed by atoms with van der Waals surface area (Å²) >= 11 is 0. The van der Waals surface area contributed by atoms with Crippen LogP contribution >= 0.6 is 0 Å². The van der Waals surface area contributed by atoms with Crippen LogP contribution in [0.4, 0.5) is 0 Å². The summed E-state index contributed by atoms with van der Waals surface area (Å²) in [4.78, 5) is 14.8. The first-order valence-electron chi connectivity index (χ1n) is 5.50. The van der Waals surface area contributed by atoms with E-state index in [1.165, 1.54) is 26.5 Å². The topological polar surface area (TPSA) is 88.9 Å². The van der Waals surface area contributed by atoms with Crippen LogP contribution < -0.4 is 9.47 Å². The van der Waals surface area contributed by atoms with E-state index in [-0.39, 0.29) is 18.1 Å². The van der Waals surface area contributed by atoms with Gasteiger partial charge in [0.05, 0.1) is 20.6 Å². The second kappa shape index (κ2) is 5.68. The molecule has 0 bridgehead atoms. The Labute approximate surface area is 105 Å². The Morgan fingerprint density at radius 1 is 1.44 bits per heavy atom. The van der Waals surface area contributed by atoms with Gasteiger partial charge in [-0.3, -0.25) is 4.79 Å². The molecule has 100 valence electrons. The Hall–Kier alpha value is -1.82. The zero-order valence-corrected chi connectivity index (χ0v) is 10.6. The molecule has 6 nitrogen and oxygen atoms in total. The summed E-state index contributed by atoms with van der Waals surface area (Å²) in [6.07, 6.45) is 1.27. The molecule has 0 fully saturated rings. The van der Waals surface area contributed by atoms with Gasteiger partial charge in [0.2, 0.25) is 0 Å². The lowest BCUT2D eigenvalue weighted by atomic mass is 9.88. The molecule has 1 heterocycles.